The average molecular weight is 1480 g/mol. The number of fused-ring (bicyclic) bond motifs is 3. The van der Waals surface area contributed by atoms with Crippen molar-refractivity contribution in [3.63, 3.8) is 0 Å². The molecule has 7 aromatic heterocycles. The maximum Gasteiger partial charge on any atom is 0.272 e. The molecule has 21 heteroatoms. The number of aromatic nitrogens is 10. The first-order valence-electron chi connectivity index (χ1n) is 41.5. The summed E-state index contributed by atoms with van der Waals surface area (Å²) in [6.07, 6.45) is 37.6. The molecule has 6 aliphatic rings. The number of hydrogen-bond donors (Lipinski definition) is 6. The highest BCUT2D eigenvalue weighted by atomic mass is 16.3. The Balaban J connectivity index is 0.000000144. The first-order valence-corrected chi connectivity index (χ1v) is 41.5. The summed E-state index contributed by atoms with van der Waals surface area (Å²) in [5, 5.41) is 44.1. The number of hydrogen-bond acceptors (Lipinski definition) is 16. The lowest BCUT2D eigenvalue weighted by molar-refractivity contribution is 0.0702. The number of benzene rings is 2. The molecule has 3 aliphatic carbocycles. The number of pyridine rings is 1. The van der Waals surface area contributed by atoms with Crippen molar-refractivity contribution in [1.82, 2.24) is 63.3 Å². The SMILES string of the molecule is C=C(c1ccc(C)cc1)N1CCC(c2cn(C3CCC(O)CC3)c3nc(N[C@@H](C)CCC)ncc23)CC1.CCC[C@H](C)Nc1ncc2c(C3CCN(C(=O)c4ccccc4)CC3)cn(C3CCC(O)CC3)c2n1.CCC[C@H](C)Nc1ncc2c(C3CCN(C(=O)c4ccccn4)CC3)cn(C3CCC(O)CC3)c2n1. The fourth-order valence-corrected chi connectivity index (χ4v) is 18.0. The predicted octanol–water partition coefficient (Wildman–Crippen LogP) is 17.1. The number of aryl methyl sites for hydroxylation is 1. The lowest BCUT2D eigenvalue weighted by Crippen LogP contribution is -2.38. The monoisotopic (exact) mass is 1480 g/mol. The Morgan fingerprint density at radius 2 is 0.780 bits per heavy atom. The minimum Gasteiger partial charge on any atom is -0.393 e. The highest BCUT2D eigenvalue weighted by Crippen LogP contribution is 2.43. The summed E-state index contributed by atoms with van der Waals surface area (Å²) in [7, 11) is 0. The van der Waals surface area contributed by atoms with Gasteiger partial charge in [-0.05, 0) is 227 Å². The Hall–Kier alpha value is -8.79. The van der Waals surface area contributed by atoms with Gasteiger partial charge in [0.25, 0.3) is 11.8 Å². The number of anilines is 3. The van der Waals surface area contributed by atoms with E-state index < -0.39 is 0 Å². The lowest BCUT2D eigenvalue weighted by Gasteiger charge is -2.35. The number of carbonyl (C=O) groups is 2. The van der Waals surface area contributed by atoms with Gasteiger partial charge in [0.2, 0.25) is 17.8 Å². The molecule has 109 heavy (non-hydrogen) atoms. The zero-order valence-electron chi connectivity index (χ0n) is 65.8. The minimum atomic E-state index is -0.190. The Morgan fingerprint density at radius 1 is 0.431 bits per heavy atom. The van der Waals surface area contributed by atoms with Crippen molar-refractivity contribution >= 4 is 68.5 Å². The number of nitrogens with zero attached hydrogens (tertiary/aromatic N) is 13. The molecule has 2 amide bonds. The second-order valence-electron chi connectivity index (χ2n) is 32.4. The number of amides is 2. The number of carbonyl (C=O) groups excluding carboxylic acids is 2. The van der Waals surface area contributed by atoms with Crippen molar-refractivity contribution in [2.24, 2.45) is 0 Å². The number of aliphatic hydroxyl groups is 3. The molecule has 21 nitrogen and oxygen atoms in total. The van der Waals surface area contributed by atoms with Crippen LogP contribution in [0.2, 0.25) is 0 Å². The molecule has 15 rings (SSSR count). The van der Waals surface area contributed by atoms with Crippen molar-refractivity contribution in [2.45, 2.75) is 275 Å². The van der Waals surface area contributed by atoms with Crippen LogP contribution < -0.4 is 16.0 Å². The van der Waals surface area contributed by atoms with Crippen molar-refractivity contribution in [1.29, 1.82) is 0 Å². The van der Waals surface area contributed by atoms with Crippen LogP contribution in [0.4, 0.5) is 17.8 Å². The number of rotatable bonds is 22. The minimum absolute atomic E-state index is 0.0116. The summed E-state index contributed by atoms with van der Waals surface area (Å²) < 4.78 is 7.11. The van der Waals surface area contributed by atoms with E-state index in [0.29, 0.717) is 71.6 Å². The van der Waals surface area contributed by atoms with E-state index in [1.54, 1.807) is 12.3 Å². The molecule has 9 aromatic rings. The van der Waals surface area contributed by atoms with E-state index in [1.165, 1.54) is 33.2 Å². The Kier molecular flexibility index (Phi) is 26.5. The maximum atomic E-state index is 12.9. The van der Waals surface area contributed by atoms with Gasteiger partial charge in [0, 0.05) is 146 Å². The first kappa shape index (κ1) is 78.3. The Morgan fingerprint density at radius 3 is 1.13 bits per heavy atom. The van der Waals surface area contributed by atoms with Crippen LogP contribution in [0.1, 0.15) is 280 Å². The largest absolute Gasteiger partial charge is 0.393 e. The smallest absolute Gasteiger partial charge is 0.272 e. The van der Waals surface area contributed by atoms with Gasteiger partial charge in [-0.15, -0.1) is 0 Å². The van der Waals surface area contributed by atoms with Gasteiger partial charge in [0.1, 0.15) is 22.6 Å². The number of nitrogens with one attached hydrogen (secondary N) is 3. The van der Waals surface area contributed by atoms with Crippen LogP contribution in [0, 0.1) is 6.92 Å². The summed E-state index contributed by atoms with van der Waals surface area (Å²) in [6, 6.07) is 25.8. The number of likely N-dealkylation sites (tertiary alicyclic amines) is 3. The lowest BCUT2D eigenvalue weighted by atomic mass is 9.89. The van der Waals surface area contributed by atoms with Crippen LogP contribution in [0.25, 0.3) is 38.8 Å². The van der Waals surface area contributed by atoms with E-state index in [4.69, 9.17) is 24.9 Å². The summed E-state index contributed by atoms with van der Waals surface area (Å²) in [6.45, 7) is 24.6. The van der Waals surface area contributed by atoms with E-state index in [0.717, 1.165) is 238 Å². The normalized spacial score (nSPS) is 21.9. The average Bonchev–Trinajstić information content (AvgIpc) is 1.63. The molecule has 6 fully saturated rings. The molecule has 3 aliphatic heterocycles. The van der Waals surface area contributed by atoms with Gasteiger partial charge >= 0.3 is 0 Å². The van der Waals surface area contributed by atoms with Crippen LogP contribution in [-0.4, -0.2) is 166 Å². The highest BCUT2D eigenvalue weighted by molar-refractivity contribution is 5.94. The molecule has 0 radical (unpaired) electrons. The molecule has 2 aromatic carbocycles. The van der Waals surface area contributed by atoms with Crippen LogP contribution in [0.3, 0.4) is 0 Å². The number of aliphatic hydroxyl groups excluding tert-OH is 3. The molecule has 0 bridgehead atoms. The topological polar surface area (TPSA) is 246 Å². The third kappa shape index (κ3) is 19.2. The molecular weight excluding hydrogens is 1360 g/mol. The zero-order valence-corrected chi connectivity index (χ0v) is 65.8. The molecule has 10 heterocycles. The third-order valence-electron chi connectivity index (χ3n) is 24.3. The fraction of sp³-hybridized carbons (Fsp3) is 0.557. The van der Waals surface area contributed by atoms with Crippen molar-refractivity contribution in [3.8, 4) is 0 Å². The molecule has 3 atom stereocenters. The van der Waals surface area contributed by atoms with Crippen LogP contribution >= 0.6 is 0 Å². The Bertz CT molecular complexity index is 4230. The van der Waals surface area contributed by atoms with Gasteiger partial charge in [-0.3, -0.25) is 14.6 Å². The summed E-state index contributed by atoms with van der Waals surface area (Å²) in [5.41, 5.74) is 11.9. The van der Waals surface area contributed by atoms with Gasteiger partial charge in [0.15, 0.2) is 0 Å². The molecule has 6 N–H and O–H groups in total. The predicted molar refractivity (Wildman–Crippen MR) is 437 cm³/mol. The van der Waals surface area contributed by atoms with E-state index in [1.807, 2.05) is 70.9 Å². The second-order valence-corrected chi connectivity index (χ2v) is 32.4. The van der Waals surface area contributed by atoms with Crippen molar-refractivity contribution in [3.05, 3.63) is 162 Å². The van der Waals surface area contributed by atoms with Gasteiger partial charge in [-0.2, -0.15) is 15.0 Å². The van der Waals surface area contributed by atoms with Gasteiger partial charge in [-0.25, -0.2) is 15.0 Å². The second kappa shape index (κ2) is 36.8. The summed E-state index contributed by atoms with van der Waals surface area (Å²) in [4.78, 5) is 65.6. The van der Waals surface area contributed by atoms with Crippen molar-refractivity contribution < 1.29 is 24.9 Å². The maximum absolute atomic E-state index is 12.9. The van der Waals surface area contributed by atoms with Crippen LogP contribution in [-0.2, 0) is 0 Å². The van der Waals surface area contributed by atoms with E-state index in [9.17, 15) is 24.9 Å². The fourth-order valence-electron chi connectivity index (χ4n) is 18.0. The molecule has 3 saturated heterocycles. The van der Waals surface area contributed by atoms with E-state index in [-0.39, 0.29) is 30.1 Å². The first-order chi connectivity index (χ1) is 53.0. The molecule has 0 unspecified atom stereocenters. The number of piperidine rings is 3. The van der Waals surface area contributed by atoms with E-state index in [2.05, 4.69) is 142 Å². The molecule has 582 valence electrons. The Labute approximate surface area is 645 Å². The van der Waals surface area contributed by atoms with Gasteiger partial charge in [-0.1, -0.05) is 101 Å². The quantitative estimate of drug-likeness (QED) is 0.0369. The van der Waals surface area contributed by atoms with Gasteiger partial charge < -0.3 is 59.7 Å². The van der Waals surface area contributed by atoms with Crippen molar-refractivity contribution in [2.75, 3.05) is 55.2 Å². The van der Waals surface area contributed by atoms with E-state index >= 15 is 0 Å². The molecule has 3 saturated carbocycles. The summed E-state index contributed by atoms with van der Waals surface area (Å²) >= 11 is 0. The molecular formula is C88H120N16O5. The van der Waals surface area contributed by atoms with Gasteiger partial charge in [0.05, 0.1) is 18.3 Å². The van der Waals surface area contributed by atoms with Crippen LogP contribution in [0.5, 0.6) is 0 Å². The highest BCUT2D eigenvalue weighted by Gasteiger charge is 2.34. The van der Waals surface area contributed by atoms with Crippen LogP contribution in [0.15, 0.2) is 123 Å². The zero-order chi connectivity index (χ0) is 76.1. The summed E-state index contributed by atoms with van der Waals surface area (Å²) in [5.74, 6) is 3.45. The third-order valence-corrected chi connectivity index (χ3v) is 24.3. The molecule has 0 spiro atoms. The standard InChI is InChI=1S/C31H43N5O.C29H39N5O2.C28H38N6O2/c1-5-6-22(3)33-31-32-19-28-29(20-36(30(28)34-31)26-11-13-27(37)14-12-26)25-15-17-35(18-16-25)23(4)24-9-7-21(2)8-10-24;1-3-7-20(2)31-29-30-18-25-26(19-34(27(25)32-29)23-10-12-24(35)13-11-23)21-14-16-33(17-15-21)28(36)22-8-5-4-6-9-22;1-3-6-19(2)31-28-30-17-23-24(18-34(26(23)32-28)21-8-10-22(35)11-9-21)20-12-15-33(16-13-20)27(36)25-7-4-5-14-29-25/h7-10,19-20,22,25-27,37H,4-6,11-18H2,1-3H3,(H,32,33,34);4-6,8-9,18-21,23-24,35H,3,7,10-17H2,1-2H3,(H,30,31,32);4-5,7,14,17-22,35H,3,6,8-13,15-16H2,1-2H3,(H,30,31,32)/t22-,26?,27?;20-,23?,24?;19-,21?,22?/m000/s1.